The quantitative estimate of drug-likeness (QED) is 0.443. The van der Waals surface area contributed by atoms with Crippen LogP contribution in [0.25, 0.3) is 21.9 Å². The number of nitrogens with zero attached hydrogens (tertiary/aromatic N) is 6. The highest BCUT2D eigenvalue weighted by atomic mass is 16.3. The van der Waals surface area contributed by atoms with Gasteiger partial charge in [0.15, 0.2) is 0 Å². The first-order valence-electron chi connectivity index (χ1n) is 11.4. The number of piperazine rings is 1. The molecule has 33 heavy (non-hydrogen) atoms. The maximum Gasteiger partial charge on any atom is 0.230 e. The van der Waals surface area contributed by atoms with Crippen molar-refractivity contribution in [3.63, 3.8) is 0 Å². The minimum absolute atomic E-state index is 0.0110. The summed E-state index contributed by atoms with van der Waals surface area (Å²) in [5.41, 5.74) is 3.85. The third-order valence-corrected chi connectivity index (χ3v) is 6.61. The van der Waals surface area contributed by atoms with E-state index in [1.54, 1.807) is 6.20 Å². The van der Waals surface area contributed by atoms with Crippen LogP contribution in [0.2, 0.25) is 0 Å². The first-order valence-corrected chi connectivity index (χ1v) is 11.4. The number of aliphatic hydroxyl groups is 1. The summed E-state index contributed by atoms with van der Waals surface area (Å²) in [6, 6.07) is 5.96. The Morgan fingerprint density at radius 3 is 2.82 bits per heavy atom. The molecule has 0 unspecified atom stereocenters. The van der Waals surface area contributed by atoms with Crippen molar-refractivity contribution in [2.75, 3.05) is 29.9 Å². The van der Waals surface area contributed by atoms with Gasteiger partial charge in [0.1, 0.15) is 11.5 Å². The van der Waals surface area contributed by atoms with Gasteiger partial charge in [0.25, 0.3) is 0 Å². The molecule has 0 spiro atoms. The van der Waals surface area contributed by atoms with Crippen molar-refractivity contribution in [1.29, 1.82) is 0 Å². The average Bonchev–Trinajstić information content (AvgIpc) is 3.39. The van der Waals surface area contributed by atoms with Crippen molar-refractivity contribution in [3.05, 3.63) is 55.3 Å². The van der Waals surface area contributed by atoms with Crippen LogP contribution >= 0.6 is 0 Å². The Kier molecular flexibility index (Phi) is 4.83. The molecule has 0 aromatic carbocycles. The largest absolute Gasteiger partial charge is 0.391 e. The van der Waals surface area contributed by atoms with Crippen molar-refractivity contribution >= 4 is 39.4 Å². The van der Waals surface area contributed by atoms with Gasteiger partial charge in [-0.2, -0.15) is 4.98 Å². The first kappa shape index (κ1) is 19.9. The van der Waals surface area contributed by atoms with Gasteiger partial charge in [-0.1, -0.05) is 6.58 Å². The van der Waals surface area contributed by atoms with Crippen LogP contribution in [0.4, 0.5) is 17.5 Å². The van der Waals surface area contributed by atoms with Crippen LogP contribution in [0.5, 0.6) is 0 Å². The molecule has 1 saturated carbocycles. The van der Waals surface area contributed by atoms with Crippen LogP contribution in [0.1, 0.15) is 25.3 Å². The Hall–Kier alpha value is -3.72. The third kappa shape index (κ3) is 3.54. The van der Waals surface area contributed by atoms with Gasteiger partial charge in [0.05, 0.1) is 42.3 Å². The Balaban J connectivity index is 1.33. The lowest BCUT2D eigenvalue weighted by molar-refractivity contribution is 0.140. The van der Waals surface area contributed by atoms with Crippen LogP contribution in [0.15, 0.2) is 55.3 Å². The zero-order valence-electron chi connectivity index (χ0n) is 18.3. The van der Waals surface area contributed by atoms with E-state index in [1.165, 1.54) is 0 Å². The maximum atomic E-state index is 10.6. The minimum atomic E-state index is -0.384. The summed E-state index contributed by atoms with van der Waals surface area (Å²) in [4.78, 5) is 20.5. The van der Waals surface area contributed by atoms with Crippen LogP contribution < -0.4 is 15.5 Å². The lowest BCUT2D eigenvalue weighted by Crippen LogP contribution is -2.41. The van der Waals surface area contributed by atoms with Gasteiger partial charge in [-0.3, -0.25) is 4.98 Å². The average molecular weight is 443 g/mol. The number of hydrogen-bond donors (Lipinski definition) is 3. The maximum absolute atomic E-state index is 10.6. The highest BCUT2D eigenvalue weighted by Crippen LogP contribution is 2.37. The number of aromatic nitrogens is 5. The predicted octanol–water partition coefficient (Wildman–Crippen LogP) is 3.13. The molecule has 1 saturated heterocycles. The van der Waals surface area contributed by atoms with E-state index in [0.717, 1.165) is 72.2 Å². The Bertz CT molecular complexity index is 1330. The van der Waals surface area contributed by atoms with E-state index < -0.39 is 0 Å². The molecule has 5 heterocycles. The van der Waals surface area contributed by atoms with Gasteiger partial charge < -0.3 is 25.2 Å². The summed E-state index contributed by atoms with van der Waals surface area (Å²) in [6.45, 7) is 6.60. The van der Waals surface area contributed by atoms with Crippen molar-refractivity contribution in [1.82, 2.24) is 29.8 Å². The molecule has 2 aliphatic rings. The first-order chi connectivity index (χ1) is 16.2. The van der Waals surface area contributed by atoms with Gasteiger partial charge in [-0.15, -0.1) is 0 Å². The highest BCUT2D eigenvalue weighted by molar-refractivity contribution is 6.06. The third-order valence-electron chi connectivity index (χ3n) is 6.61. The van der Waals surface area contributed by atoms with Gasteiger partial charge in [0.2, 0.25) is 5.95 Å². The molecular formula is C24H26N8O. The lowest BCUT2D eigenvalue weighted by Gasteiger charge is -2.31. The highest BCUT2D eigenvalue weighted by Gasteiger charge is 2.30. The van der Waals surface area contributed by atoms with Gasteiger partial charge in [-0.25, -0.2) is 9.97 Å². The molecule has 2 fully saturated rings. The molecule has 168 valence electrons. The summed E-state index contributed by atoms with van der Waals surface area (Å²) >= 11 is 0. The van der Waals surface area contributed by atoms with Crippen molar-refractivity contribution in [3.8, 4) is 0 Å². The molecule has 3 N–H and O–H groups in total. The molecule has 6 rings (SSSR count). The Morgan fingerprint density at radius 1 is 1.09 bits per heavy atom. The van der Waals surface area contributed by atoms with E-state index in [4.69, 9.17) is 4.98 Å². The van der Waals surface area contributed by atoms with E-state index in [9.17, 15) is 5.11 Å². The predicted molar refractivity (Wildman–Crippen MR) is 129 cm³/mol. The van der Waals surface area contributed by atoms with Crippen LogP contribution in [-0.4, -0.2) is 55.3 Å². The number of pyridine rings is 2. The van der Waals surface area contributed by atoms with Crippen molar-refractivity contribution in [2.24, 2.45) is 0 Å². The number of anilines is 3. The molecular weight excluding hydrogens is 416 g/mol. The zero-order chi connectivity index (χ0) is 22.4. The minimum Gasteiger partial charge on any atom is -0.391 e. The molecule has 4 aromatic heterocycles. The summed E-state index contributed by atoms with van der Waals surface area (Å²) in [5.74, 6) is 1.15. The second-order valence-corrected chi connectivity index (χ2v) is 8.74. The molecule has 0 amide bonds. The zero-order valence-corrected chi connectivity index (χ0v) is 18.3. The molecule has 0 bridgehead atoms. The molecule has 1 aliphatic heterocycles. The molecule has 0 radical (unpaired) electrons. The fourth-order valence-corrected chi connectivity index (χ4v) is 5.00. The molecule has 2 atom stereocenters. The second-order valence-electron chi connectivity index (χ2n) is 8.74. The monoisotopic (exact) mass is 442 g/mol. The summed E-state index contributed by atoms with van der Waals surface area (Å²) < 4.78 is 2.13. The van der Waals surface area contributed by atoms with Gasteiger partial charge >= 0.3 is 0 Å². The number of hydrogen-bond acceptors (Lipinski definition) is 8. The fraction of sp³-hybridized carbons (Fsp3) is 0.333. The molecule has 1 aliphatic carbocycles. The summed E-state index contributed by atoms with van der Waals surface area (Å²) in [5, 5.41) is 19.1. The van der Waals surface area contributed by atoms with E-state index in [2.05, 4.69) is 41.6 Å². The van der Waals surface area contributed by atoms with Crippen LogP contribution in [-0.2, 0) is 0 Å². The summed E-state index contributed by atoms with van der Waals surface area (Å²) in [7, 11) is 0. The number of fused-ring (bicyclic) bond motifs is 3. The normalized spacial score (nSPS) is 21.0. The van der Waals surface area contributed by atoms with E-state index in [1.807, 2.05) is 36.8 Å². The summed E-state index contributed by atoms with van der Waals surface area (Å²) in [6.07, 6.45) is 9.67. The van der Waals surface area contributed by atoms with E-state index in [-0.39, 0.29) is 12.1 Å². The van der Waals surface area contributed by atoms with E-state index >= 15 is 0 Å². The van der Waals surface area contributed by atoms with Crippen LogP contribution in [0.3, 0.4) is 0 Å². The molecule has 9 heteroatoms. The van der Waals surface area contributed by atoms with Crippen LogP contribution in [0, 0.1) is 0 Å². The number of rotatable bonds is 4. The van der Waals surface area contributed by atoms with Gasteiger partial charge in [0, 0.05) is 42.0 Å². The van der Waals surface area contributed by atoms with Gasteiger partial charge in [-0.05, 0) is 37.5 Å². The Morgan fingerprint density at radius 2 is 2.03 bits per heavy atom. The van der Waals surface area contributed by atoms with Crippen molar-refractivity contribution < 1.29 is 5.11 Å². The molecule has 4 aromatic rings. The smallest absolute Gasteiger partial charge is 0.230 e. The number of nitrogens with one attached hydrogen (secondary N) is 2. The molecule has 9 nitrogen and oxygen atoms in total. The fourth-order valence-electron chi connectivity index (χ4n) is 5.00. The lowest BCUT2D eigenvalue weighted by atomic mass is 10.2. The topological polar surface area (TPSA) is 104 Å². The SMILES string of the molecule is C=C1CN(c2ccc(Nc3ncc4c5ccncc5n([C@H]5CCC[C@@H]5O)c4n3)nc2)CCN1. The standard InChI is InChI=1S/C24H26N8O/c1-15-14-31(10-9-26-15)16-5-6-22(27-11-16)29-24-28-12-18-17-7-8-25-13-20(17)32(23(18)30-24)19-3-2-4-21(19)33/h5-8,11-13,19,21,26,33H,1-4,9-10,14H2,(H,27,28,29,30)/t19-,21-/m0/s1. The van der Waals surface area contributed by atoms with E-state index in [0.29, 0.717) is 11.8 Å². The second kappa shape index (κ2) is 8.00. The van der Waals surface area contributed by atoms with Crippen molar-refractivity contribution in [2.45, 2.75) is 31.4 Å². The number of aliphatic hydroxyl groups excluding tert-OH is 1. The Labute approximate surface area is 191 Å².